The molecule has 0 rings (SSSR count). The van der Waals surface area contributed by atoms with Gasteiger partial charge in [-0.2, -0.15) is 0 Å². The van der Waals surface area contributed by atoms with Crippen LogP contribution in [-0.4, -0.2) is 44.0 Å². The summed E-state index contributed by atoms with van der Waals surface area (Å²) in [5.41, 5.74) is 0. The van der Waals surface area contributed by atoms with Gasteiger partial charge >= 0.3 is 8.25 Å². The van der Waals surface area contributed by atoms with Gasteiger partial charge in [-0.05, 0) is 39.7 Å². The molecular weight excluding hydrogens is 351 g/mol. The summed E-state index contributed by atoms with van der Waals surface area (Å²) in [7, 11) is -2.87. The summed E-state index contributed by atoms with van der Waals surface area (Å²) < 4.78 is 9.72. The topological polar surface area (TPSA) is 72.8 Å². The minimum atomic E-state index is -2.87. The van der Waals surface area contributed by atoms with Crippen molar-refractivity contribution in [1.82, 2.24) is 10.2 Å². The first kappa shape index (κ1) is 25.5. The highest BCUT2D eigenvalue weighted by atomic mass is 32.2. The monoisotopic (exact) mass is 385 g/mol. The number of nitrogens with zero attached hydrogens (tertiary/aromatic N) is 1. The van der Waals surface area contributed by atoms with Gasteiger partial charge in [0.25, 0.3) is 0 Å². The van der Waals surface area contributed by atoms with Gasteiger partial charge in [-0.15, -0.1) is 9.79 Å². The second-order valence-electron chi connectivity index (χ2n) is 5.28. The highest BCUT2D eigenvalue weighted by molar-refractivity contribution is 8.23. The van der Waals surface area contributed by atoms with Crippen molar-refractivity contribution in [2.75, 3.05) is 19.6 Å². The lowest BCUT2D eigenvalue weighted by Crippen LogP contribution is -2.33. The smallest absolute Gasteiger partial charge is 0.358 e. The average molecular weight is 386 g/mol. The third-order valence-electron chi connectivity index (χ3n) is 3.54. The third-order valence-corrected chi connectivity index (χ3v) is 5.06. The van der Waals surface area contributed by atoms with Crippen LogP contribution in [0.2, 0.25) is 0 Å². The zero-order valence-corrected chi connectivity index (χ0v) is 17.6. The van der Waals surface area contributed by atoms with E-state index in [9.17, 15) is 0 Å². The van der Waals surface area contributed by atoms with Gasteiger partial charge in [-0.25, -0.2) is 0 Å². The van der Waals surface area contributed by atoms with Crippen molar-refractivity contribution >= 4 is 36.6 Å². The first-order valence-corrected chi connectivity index (χ1v) is 10.8. The Bertz CT molecular complexity index is 315. The van der Waals surface area contributed by atoms with Gasteiger partial charge in [-0.3, -0.25) is 0 Å². The molecule has 3 N–H and O–H groups in total. The molecule has 2 atom stereocenters. The van der Waals surface area contributed by atoms with Crippen LogP contribution >= 0.6 is 32.2 Å². The lowest BCUT2D eigenvalue weighted by molar-refractivity contribution is 0.405. The molecule has 0 radical (unpaired) electrons. The van der Waals surface area contributed by atoms with Crippen LogP contribution in [0.15, 0.2) is 0 Å². The molecule has 0 bridgehead atoms. The summed E-state index contributed by atoms with van der Waals surface area (Å²) in [6.45, 7) is 14.2. The van der Waals surface area contributed by atoms with E-state index in [-0.39, 0.29) is 0 Å². The van der Waals surface area contributed by atoms with Crippen molar-refractivity contribution in [2.24, 2.45) is 5.92 Å². The largest absolute Gasteiger partial charge is 0.692 e. The predicted octanol–water partition coefficient (Wildman–Crippen LogP) is 4.13. The number of thioether (sulfide) groups is 1. The van der Waals surface area contributed by atoms with E-state index in [0.29, 0.717) is 5.37 Å². The lowest BCUT2D eigenvalue weighted by Gasteiger charge is -2.24. The number of rotatable bonds is 10. The molecule has 5 nitrogen and oxygen atoms in total. The van der Waals surface area contributed by atoms with E-state index in [1.54, 1.807) is 11.8 Å². The van der Waals surface area contributed by atoms with E-state index in [2.05, 4.69) is 44.8 Å². The number of hydrogen-bond acceptors (Lipinski definition) is 4. The van der Waals surface area contributed by atoms with Gasteiger partial charge in [0, 0.05) is 17.7 Å². The maximum absolute atomic E-state index is 8.70. The Kier molecular flexibility index (Phi) is 18.9. The van der Waals surface area contributed by atoms with E-state index < -0.39 is 8.25 Å². The summed E-state index contributed by atoms with van der Waals surface area (Å²) in [5, 5.41) is 4.03. The fourth-order valence-corrected chi connectivity index (χ4v) is 3.61. The zero-order chi connectivity index (χ0) is 18.3. The normalized spacial score (nSPS) is 12.8. The fourth-order valence-electron chi connectivity index (χ4n) is 2.03. The number of thiocarbonyl (C=S) groups is 1. The molecule has 0 aliphatic carbocycles. The Hall–Kier alpha value is 0.220. The molecule has 0 spiro atoms. The van der Waals surface area contributed by atoms with Crippen molar-refractivity contribution < 1.29 is 14.4 Å². The van der Waals surface area contributed by atoms with Crippen molar-refractivity contribution in [3.63, 3.8) is 0 Å². The Balaban J connectivity index is 0. The Morgan fingerprint density at radius 3 is 2.17 bits per heavy atom. The summed E-state index contributed by atoms with van der Waals surface area (Å²) in [6, 6.07) is 0. The van der Waals surface area contributed by atoms with Crippen LogP contribution in [-0.2, 0) is 4.57 Å². The minimum absolute atomic E-state index is 0.406. The molecule has 23 heavy (non-hydrogen) atoms. The molecule has 0 saturated carbocycles. The van der Waals surface area contributed by atoms with Gasteiger partial charge in [0.2, 0.25) is 0 Å². The first-order valence-electron chi connectivity index (χ1n) is 8.36. The molecule has 0 aromatic rings. The molecule has 0 aliphatic heterocycles. The average Bonchev–Trinajstić information content (AvgIpc) is 2.48. The molecule has 0 amide bonds. The zero-order valence-electron chi connectivity index (χ0n) is 15.1. The Morgan fingerprint density at radius 2 is 1.78 bits per heavy atom. The maximum Gasteiger partial charge on any atom is 0.692 e. The van der Waals surface area contributed by atoms with E-state index in [1.807, 2.05) is 0 Å². The summed E-state index contributed by atoms with van der Waals surface area (Å²) in [4.78, 5) is 16.5. The van der Waals surface area contributed by atoms with Gasteiger partial charge in [0.1, 0.15) is 4.32 Å². The van der Waals surface area contributed by atoms with Crippen molar-refractivity contribution in [3.05, 3.63) is 0 Å². The van der Waals surface area contributed by atoms with Gasteiger partial charge in [0.05, 0.1) is 5.37 Å². The summed E-state index contributed by atoms with van der Waals surface area (Å²) in [6.07, 6.45) is 5.26. The Morgan fingerprint density at radius 1 is 1.26 bits per heavy atom. The van der Waals surface area contributed by atoms with Crippen molar-refractivity contribution in [3.8, 4) is 0 Å². The van der Waals surface area contributed by atoms with E-state index >= 15 is 0 Å². The number of nitrogens with one attached hydrogen (secondary N) is 1. The predicted molar refractivity (Wildman–Crippen MR) is 106 cm³/mol. The molecule has 0 heterocycles. The van der Waals surface area contributed by atoms with Crippen molar-refractivity contribution in [1.29, 1.82) is 0 Å². The van der Waals surface area contributed by atoms with Crippen LogP contribution in [0.4, 0.5) is 0 Å². The summed E-state index contributed by atoms with van der Waals surface area (Å²) in [5.74, 6) is 0.810. The fraction of sp³-hybridized carbons (Fsp3) is 0.933. The van der Waals surface area contributed by atoms with Gasteiger partial charge < -0.3 is 10.2 Å². The molecule has 0 aromatic carbocycles. The molecular formula is C15H34N2O3PS2+. The highest BCUT2D eigenvalue weighted by Gasteiger charge is 2.12. The second kappa shape index (κ2) is 17.1. The molecule has 0 fully saturated rings. The van der Waals surface area contributed by atoms with Crippen LogP contribution in [0.5, 0.6) is 0 Å². The maximum atomic E-state index is 8.70. The van der Waals surface area contributed by atoms with Crippen LogP contribution in [0.3, 0.4) is 0 Å². The van der Waals surface area contributed by atoms with Crippen LogP contribution < -0.4 is 5.32 Å². The number of hydrogen-bond donors (Lipinski definition) is 3. The molecule has 0 saturated heterocycles. The van der Waals surface area contributed by atoms with Gasteiger partial charge in [-0.1, -0.05) is 57.1 Å². The molecule has 138 valence electrons. The number of unbranched alkanes of at least 4 members (excludes halogenated alkanes) is 1. The third kappa shape index (κ3) is 16.8. The molecule has 0 aliphatic rings. The van der Waals surface area contributed by atoms with Gasteiger partial charge in [0.15, 0.2) is 0 Å². The standard InChI is InChI=1S/C15H32N2S2.HO3P/c1-6-10-11-14(7-2)12-16-13(5)19-15(18)17(8-3)9-4;1-4(2)3/h13-14,16H,6-12H2,1-5H3;(H-,1,2,3)/p+1. The van der Waals surface area contributed by atoms with Crippen molar-refractivity contribution in [2.45, 2.75) is 65.7 Å². The molecule has 8 heteroatoms. The quantitative estimate of drug-likeness (QED) is 0.297. The second-order valence-corrected chi connectivity index (χ2v) is 7.76. The SMILES string of the molecule is CCCCC(CC)CNC(C)SC(=S)N(CC)CC.O=[P+](O)O. The minimum Gasteiger partial charge on any atom is -0.358 e. The molecule has 0 aromatic heterocycles. The van der Waals surface area contributed by atoms with Crippen LogP contribution in [0.1, 0.15) is 60.3 Å². The highest BCUT2D eigenvalue weighted by Crippen LogP contribution is 2.16. The van der Waals surface area contributed by atoms with Crippen LogP contribution in [0.25, 0.3) is 0 Å². The van der Waals surface area contributed by atoms with E-state index in [4.69, 9.17) is 26.6 Å². The summed E-state index contributed by atoms with van der Waals surface area (Å²) >= 11 is 7.26. The molecule has 2 unspecified atom stereocenters. The van der Waals surface area contributed by atoms with E-state index in [0.717, 1.165) is 29.9 Å². The first-order chi connectivity index (χ1) is 10.8. The van der Waals surface area contributed by atoms with Crippen LogP contribution in [0, 0.1) is 5.92 Å². The lowest BCUT2D eigenvalue weighted by atomic mass is 9.99. The van der Waals surface area contributed by atoms with E-state index in [1.165, 1.54) is 25.7 Å². The Labute approximate surface area is 152 Å².